The number of amides is 4. The van der Waals surface area contributed by atoms with Crippen LogP contribution in [0.15, 0.2) is 42.5 Å². The molecule has 2 N–H and O–H groups in total. The number of benzene rings is 2. The number of aliphatic hydroxyl groups is 1. The number of aliphatic hydroxyl groups excluding tert-OH is 1. The lowest BCUT2D eigenvalue weighted by molar-refractivity contribution is -0.153. The molecule has 0 aliphatic carbocycles. The highest BCUT2D eigenvalue weighted by atomic mass is 35.5. The fraction of sp³-hybridized carbons (Fsp3) is 0.423. The second-order valence-corrected chi connectivity index (χ2v) is 9.33. The Labute approximate surface area is 229 Å². The fourth-order valence-electron chi connectivity index (χ4n) is 4.19. The van der Waals surface area contributed by atoms with Crippen LogP contribution in [0.5, 0.6) is 5.75 Å². The second-order valence-electron chi connectivity index (χ2n) is 8.92. The van der Waals surface area contributed by atoms with Crippen LogP contribution < -0.4 is 15.0 Å². The van der Waals surface area contributed by atoms with Crippen LogP contribution >= 0.6 is 11.6 Å². The molecule has 4 amide bonds. The smallest absolute Gasteiger partial charge is 0.422 e. The van der Waals surface area contributed by atoms with Crippen molar-refractivity contribution in [2.75, 3.05) is 44.3 Å². The summed E-state index contributed by atoms with van der Waals surface area (Å²) in [5, 5.41) is 11.7. The number of nitrogens with one attached hydrogen (secondary N) is 1. The van der Waals surface area contributed by atoms with Gasteiger partial charge < -0.3 is 29.9 Å². The first-order chi connectivity index (χ1) is 18.4. The van der Waals surface area contributed by atoms with Crippen LogP contribution in [0.2, 0.25) is 5.02 Å². The van der Waals surface area contributed by atoms with Crippen LogP contribution in [0.25, 0.3) is 0 Å². The summed E-state index contributed by atoms with van der Waals surface area (Å²) in [7, 11) is 0. The van der Waals surface area contributed by atoms with E-state index >= 15 is 0 Å². The Morgan fingerprint density at radius 3 is 2.56 bits per heavy atom. The Morgan fingerprint density at radius 1 is 1.21 bits per heavy atom. The molecule has 1 atom stereocenters. The van der Waals surface area contributed by atoms with E-state index in [1.54, 1.807) is 38.1 Å². The van der Waals surface area contributed by atoms with Crippen molar-refractivity contribution in [1.29, 1.82) is 0 Å². The number of carbonyl (C=O) groups is 3. The van der Waals surface area contributed by atoms with E-state index in [0.717, 1.165) is 6.07 Å². The topological polar surface area (TPSA) is 102 Å². The summed E-state index contributed by atoms with van der Waals surface area (Å²) in [5.74, 6) is -0.963. The third kappa shape index (κ3) is 7.76. The maximum atomic E-state index is 13.6. The number of hydrogen-bond donors (Lipinski definition) is 2. The summed E-state index contributed by atoms with van der Waals surface area (Å²) >= 11 is 6.27. The van der Waals surface area contributed by atoms with E-state index in [-0.39, 0.29) is 55.0 Å². The standard InChI is InChI=1S/C26H30ClF3N4O5/c1-3-32(10-11-35)23(36)13-31-25(38)33-15-18-6-4-5-7-22(18)34(14-17(33)2)24(37)20-9-8-19(12-21(20)27)39-16-26(28,29)30/h4-9,12,17,35H,3,10-11,13-16H2,1-2H3,(H,31,38)/t17-/m1/s1. The van der Waals surface area contributed by atoms with Crippen molar-refractivity contribution in [3.8, 4) is 5.75 Å². The first kappa shape index (κ1) is 30.0. The summed E-state index contributed by atoms with van der Waals surface area (Å²) in [6.07, 6.45) is -4.52. The molecule has 0 fully saturated rings. The van der Waals surface area contributed by atoms with E-state index in [1.165, 1.54) is 26.8 Å². The van der Waals surface area contributed by atoms with Crippen molar-refractivity contribution in [2.45, 2.75) is 32.6 Å². The van der Waals surface area contributed by atoms with Crippen molar-refractivity contribution < 1.29 is 37.4 Å². The average Bonchev–Trinajstić information content (AvgIpc) is 3.04. The van der Waals surface area contributed by atoms with Gasteiger partial charge in [-0.3, -0.25) is 9.59 Å². The number of rotatable bonds is 8. The number of ether oxygens (including phenoxy) is 1. The highest BCUT2D eigenvalue weighted by Gasteiger charge is 2.33. The van der Waals surface area contributed by atoms with Gasteiger partial charge in [-0.2, -0.15) is 13.2 Å². The fourth-order valence-corrected chi connectivity index (χ4v) is 4.44. The Morgan fingerprint density at radius 2 is 1.92 bits per heavy atom. The molecule has 212 valence electrons. The molecule has 2 aromatic carbocycles. The van der Waals surface area contributed by atoms with Crippen molar-refractivity contribution in [2.24, 2.45) is 0 Å². The predicted molar refractivity (Wildman–Crippen MR) is 139 cm³/mol. The van der Waals surface area contributed by atoms with Gasteiger partial charge in [-0.15, -0.1) is 0 Å². The molecule has 0 saturated carbocycles. The van der Waals surface area contributed by atoms with Crippen LogP contribution in [0, 0.1) is 0 Å². The van der Waals surface area contributed by atoms with Gasteiger partial charge >= 0.3 is 12.2 Å². The zero-order valence-corrected chi connectivity index (χ0v) is 22.3. The van der Waals surface area contributed by atoms with E-state index in [0.29, 0.717) is 17.8 Å². The first-order valence-corrected chi connectivity index (χ1v) is 12.6. The third-order valence-electron chi connectivity index (χ3n) is 6.18. The minimum absolute atomic E-state index is 0.0602. The molecule has 9 nitrogen and oxygen atoms in total. The monoisotopic (exact) mass is 570 g/mol. The normalized spacial score (nSPS) is 15.3. The number of para-hydroxylation sites is 1. The number of nitrogens with zero attached hydrogens (tertiary/aromatic N) is 3. The summed E-state index contributed by atoms with van der Waals surface area (Å²) in [4.78, 5) is 43.5. The van der Waals surface area contributed by atoms with E-state index < -0.39 is 30.8 Å². The maximum absolute atomic E-state index is 13.6. The van der Waals surface area contributed by atoms with Crippen molar-refractivity contribution in [1.82, 2.24) is 15.1 Å². The number of halogens is 4. The van der Waals surface area contributed by atoms with Gasteiger partial charge in [-0.1, -0.05) is 29.8 Å². The first-order valence-electron chi connectivity index (χ1n) is 12.3. The SMILES string of the molecule is CCN(CCO)C(=O)CNC(=O)N1Cc2ccccc2N(C(=O)c2ccc(OCC(F)(F)F)cc2Cl)C[C@H]1C. The Balaban J connectivity index is 1.79. The van der Waals surface area contributed by atoms with Crippen LogP contribution in [-0.2, 0) is 11.3 Å². The summed E-state index contributed by atoms with van der Waals surface area (Å²) in [6.45, 7) is 2.39. The molecule has 2 aromatic rings. The molecule has 13 heteroatoms. The minimum atomic E-state index is -4.52. The largest absolute Gasteiger partial charge is 0.484 e. The molecule has 0 unspecified atom stereocenters. The highest BCUT2D eigenvalue weighted by molar-refractivity contribution is 6.34. The number of carbonyl (C=O) groups excluding carboxylic acids is 3. The number of alkyl halides is 3. The van der Waals surface area contributed by atoms with Crippen molar-refractivity contribution in [3.05, 3.63) is 58.6 Å². The molecule has 3 rings (SSSR count). The Bertz CT molecular complexity index is 1200. The summed E-state index contributed by atoms with van der Waals surface area (Å²) < 4.78 is 42.2. The maximum Gasteiger partial charge on any atom is 0.422 e. The quantitative estimate of drug-likeness (QED) is 0.504. The van der Waals surface area contributed by atoms with Crippen LogP contribution in [0.4, 0.5) is 23.7 Å². The molecular formula is C26H30ClF3N4O5. The third-order valence-corrected chi connectivity index (χ3v) is 6.49. The zero-order valence-electron chi connectivity index (χ0n) is 21.5. The molecule has 1 aliphatic rings. The Hall–Kier alpha value is -3.51. The van der Waals surface area contributed by atoms with Gasteiger partial charge in [0.2, 0.25) is 5.91 Å². The van der Waals surface area contributed by atoms with Gasteiger partial charge in [0.15, 0.2) is 6.61 Å². The molecule has 1 aliphatic heterocycles. The predicted octanol–water partition coefficient (Wildman–Crippen LogP) is 3.68. The molecule has 0 spiro atoms. The number of anilines is 1. The van der Waals surface area contributed by atoms with Gasteiger partial charge in [-0.25, -0.2) is 4.79 Å². The lowest BCUT2D eigenvalue weighted by Crippen LogP contribution is -2.50. The van der Waals surface area contributed by atoms with Crippen molar-refractivity contribution >= 4 is 35.1 Å². The van der Waals surface area contributed by atoms with E-state index in [2.05, 4.69) is 5.32 Å². The van der Waals surface area contributed by atoms with Gasteiger partial charge in [0, 0.05) is 37.9 Å². The second kappa shape index (κ2) is 13.0. The Kier molecular flexibility index (Phi) is 10.0. The number of hydrogen-bond acceptors (Lipinski definition) is 5. The molecule has 39 heavy (non-hydrogen) atoms. The van der Waals surface area contributed by atoms with Gasteiger partial charge in [0.25, 0.3) is 5.91 Å². The molecule has 1 heterocycles. The zero-order chi connectivity index (χ0) is 28.7. The molecule has 0 bridgehead atoms. The molecule has 0 saturated heterocycles. The minimum Gasteiger partial charge on any atom is -0.484 e. The number of likely N-dealkylation sites (N-methyl/N-ethyl adjacent to an activating group) is 1. The summed E-state index contributed by atoms with van der Waals surface area (Å²) in [5.41, 5.74) is 1.28. The van der Waals surface area contributed by atoms with Gasteiger partial charge in [-0.05, 0) is 43.7 Å². The van der Waals surface area contributed by atoms with E-state index in [4.69, 9.17) is 21.4 Å². The molecule has 0 radical (unpaired) electrons. The number of fused-ring (bicyclic) bond motifs is 1. The van der Waals surface area contributed by atoms with Crippen molar-refractivity contribution in [3.63, 3.8) is 0 Å². The van der Waals surface area contributed by atoms with E-state index in [9.17, 15) is 27.6 Å². The lowest BCUT2D eigenvalue weighted by atomic mass is 10.1. The average molecular weight is 571 g/mol. The highest BCUT2D eigenvalue weighted by Crippen LogP contribution is 2.31. The summed E-state index contributed by atoms with van der Waals surface area (Å²) in [6, 6.07) is 9.73. The van der Waals surface area contributed by atoms with Gasteiger partial charge in [0.05, 0.1) is 23.7 Å². The van der Waals surface area contributed by atoms with E-state index in [1.807, 2.05) is 0 Å². The number of urea groups is 1. The van der Waals surface area contributed by atoms with Crippen LogP contribution in [0.3, 0.4) is 0 Å². The molecule has 0 aromatic heterocycles. The van der Waals surface area contributed by atoms with Crippen LogP contribution in [0.1, 0.15) is 29.8 Å². The van der Waals surface area contributed by atoms with Gasteiger partial charge in [0.1, 0.15) is 5.75 Å². The molecular weight excluding hydrogens is 541 g/mol. The van der Waals surface area contributed by atoms with Crippen LogP contribution in [-0.4, -0.2) is 84.4 Å². The lowest BCUT2D eigenvalue weighted by Gasteiger charge is -2.30.